The van der Waals surface area contributed by atoms with Crippen LogP contribution < -0.4 is 4.74 Å². The third-order valence-corrected chi connectivity index (χ3v) is 4.59. The zero-order valence-corrected chi connectivity index (χ0v) is 14.7. The lowest BCUT2D eigenvalue weighted by Crippen LogP contribution is -1.90. The van der Waals surface area contributed by atoms with Crippen LogP contribution in [0.2, 0.25) is 0 Å². The van der Waals surface area contributed by atoms with Gasteiger partial charge in [-0.15, -0.1) is 10.2 Å². The van der Waals surface area contributed by atoms with Gasteiger partial charge in [-0.05, 0) is 30.3 Å². The lowest BCUT2D eigenvalue weighted by atomic mass is 10.2. The Morgan fingerprint density at radius 3 is 2.27 bits per heavy atom. The number of aromatic nitrogens is 2. The van der Waals surface area contributed by atoms with Gasteiger partial charge in [0.05, 0.1) is 0 Å². The van der Waals surface area contributed by atoms with Gasteiger partial charge in [-0.25, -0.2) is 0 Å². The first-order valence-electron chi connectivity index (χ1n) is 8.21. The quantitative estimate of drug-likeness (QED) is 0.405. The van der Waals surface area contributed by atoms with Gasteiger partial charge in [0.2, 0.25) is 5.89 Å². The molecule has 4 nitrogen and oxygen atoms in total. The fourth-order valence-corrected chi connectivity index (χ4v) is 3.20. The summed E-state index contributed by atoms with van der Waals surface area (Å²) in [7, 11) is 0. The van der Waals surface area contributed by atoms with Crippen molar-refractivity contribution in [1.29, 1.82) is 0 Å². The van der Waals surface area contributed by atoms with Crippen molar-refractivity contribution in [3.05, 3.63) is 90.5 Å². The second-order valence-corrected chi connectivity index (χ2v) is 6.48. The molecule has 0 spiro atoms. The van der Waals surface area contributed by atoms with E-state index < -0.39 is 0 Å². The zero-order valence-electron chi connectivity index (χ0n) is 13.9. The first kappa shape index (κ1) is 16.4. The van der Waals surface area contributed by atoms with E-state index in [2.05, 4.69) is 10.2 Å². The maximum Gasteiger partial charge on any atom is 0.277 e. The van der Waals surface area contributed by atoms with Crippen molar-refractivity contribution in [3.63, 3.8) is 0 Å². The molecule has 0 saturated heterocycles. The summed E-state index contributed by atoms with van der Waals surface area (Å²) >= 11 is 1.49. The van der Waals surface area contributed by atoms with E-state index >= 15 is 0 Å². The number of hydrogen-bond donors (Lipinski definition) is 0. The second-order valence-electron chi connectivity index (χ2n) is 5.55. The lowest BCUT2D eigenvalue weighted by molar-refractivity contribution is 0.465. The van der Waals surface area contributed by atoms with Crippen LogP contribution in [0.1, 0.15) is 5.56 Å². The van der Waals surface area contributed by atoms with Crippen LogP contribution in [0.25, 0.3) is 11.5 Å². The van der Waals surface area contributed by atoms with Crippen molar-refractivity contribution >= 4 is 11.8 Å². The minimum absolute atomic E-state index is 0.530. The summed E-state index contributed by atoms with van der Waals surface area (Å²) in [6.45, 7) is 0. The van der Waals surface area contributed by atoms with Gasteiger partial charge < -0.3 is 9.15 Å². The first-order chi connectivity index (χ1) is 12.9. The molecule has 0 bridgehead atoms. The molecule has 0 N–H and O–H groups in total. The first-order valence-corrected chi connectivity index (χ1v) is 9.19. The number of thioether (sulfide) groups is 1. The third-order valence-electron chi connectivity index (χ3n) is 3.72. The lowest BCUT2D eigenvalue weighted by Gasteiger charge is -2.10. The van der Waals surface area contributed by atoms with E-state index in [1.807, 2.05) is 84.9 Å². The Kier molecular flexibility index (Phi) is 4.98. The van der Waals surface area contributed by atoms with Gasteiger partial charge >= 0.3 is 0 Å². The SMILES string of the molecule is c1ccc(Oc2ccccc2CSc2nnc(-c3ccccc3)o2)cc1. The van der Waals surface area contributed by atoms with Gasteiger partial charge in [-0.1, -0.05) is 66.4 Å². The van der Waals surface area contributed by atoms with Gasteiger partial charge in [0.25, 0.3) is 5.22 Å². The minimum atomic E-state index is 0.530. The highest BCUT2D eigenvalue weighted by Crippen LogP contribution is 2.31. The molecule has 4 rings (SSSR count). The molecule has 0 saturated carbocycles. The molecule has 1 aromatic heterocycles. The Bertz CT molecular complexity index is 971. The molecule has 0 atom stereocenters. The van der Waals surface area contributed by atoms with Crippen molar-refractivity contribution < 1.29 is 9.15 Å². The summed E-state index contributed by atoms with van der Waals surface area (Å²) in [5.41, 5.74) is 1.99. The van der Waals surface area contributed by atoms with Crippen LogP contribution in [0.15, 0.2) is 94.6 Å². The molecule has 26 heavy (non-hydrogen) atoms. The summed E-state index contributed by atoms with van der Waals surface area (Å²) in [6, 6.07) is 27.5. The van der Waals surface area contributed by atoms with Gasteiger partial charge in [-0.2, -0.15) is 0 Å². The van der Waals surface area contributed by atoms with Crippen LogP contribution in [-0.2, 0) is 5.75 Å². The molecule has 0 aliphatic carbocycles. The van der Waals surface area contributed by atoms with Crippen LogP contribution in [0.5, 0.6) is 11.5 Å². The molecule has 0 fully saturated rings. The fraction of sp³-hybridized carbons (Fsp3) is 0.0476. The number of benzene rings is 3. The molecule has 0 aliphatic heterocycles. The van der Waals surface area contributed by atoms with Crippen molar-refractivity contribution in [2.75, 3.05) is 0 Å². The van der Waals surface area contributed by atoms with E-state index in [1.165, 1.54) is 11.8 Å². The molecule has 0 aliphatic rings. The zero-order chi connectivity index (χ0) is 17.6. The summed E-state index contributed by atoms with van der Waals surface area (Å²) in [5.74, 6) is 2.85. The Balaban J connectivity index is 1.46. The Labute approximate surface area is 155 Å². The number of hydrogen-bond acceptors (Lipinski definition) is 5. The predicted molar refractivity (Wildman–Crippen MR) is 102 cm³/mol. The Morgan fingerprint density at radius 2 is 1.46 bits per heavy atom. The van der Waals surface area contributed by atoms with Crippen molar-refractivity contribution in [3.8, 4) is 23.0 Å². The molecule has 5 heteroatoms. The van der Waals surface area contributed by atoms with E-state index in [9.17, 15) is 0 Å². The third kappa shape index (κ3) is 3.95. The van der Waals surface area contributed by atoms with E-state index in [0.29, 0.717) is 16.9 Å². The van der Waals surface area contributed by atoms with E-state index in [-0.39, 0.29) is 0 Å². The number of para-hydroxylation sites is 2. The summed E-state index contributed by atoms with van der Waals surface area (Å²) < 4.78 is 11.7. The highest BCUT2D eigenvalue weighted by molar-refractivity contribution is 7.98. The monoisotopic (exact) mass is 360 g/mol. The van der Waals surface area contributed by atoms with Crippen LogP contribution >= 0.6 is 11.8 Å². The average Bonchev–Trinajstić information content (AvgIpc) is 3.18. The molecular formula is C21H16N2O2S. The second kappa shape index (κ2) is 7.89. The molecule has 4 aromatic rings. The van der Waals surface area contributed by atoms with E-state index in [0.717, 1.165) is 22.6 Å². The molecule has 0 unspecified atom stereocenters. The fourth-order valence-electron chi connectivity index (χ4n) is 2.44. The molecule has 0 amide bonds. The highest BCUT2D eigenvalue weighted by atomic mass is 32.2. The normalized spacial score (nSPS) is 10.6. The molecule has 3 aromatic carbocycles. The van der Waals surface area contributed by atoms with Crippen LogP contribution in [0.3, 0.4) is 0 Å². The smallest absolute Gasteiger partial charge is 0.277 e. The highest BCUT2D eigenvalue weighted by Gasteiger charge is 2.11. The summed E-state index contributed by atoms with van der Waals surface area (Å²) in [6.07, 6.45) is 0. The van der Waals surface area contributed by atoms with Gasteiger partial charge in [0, 0.05) is 16.9 Å². The summed E-state index contributed by atoms with van der Waals surface area (Å²) in [5, 5.41) is 8.79. The van der Waals surface area contributed by atoms with E-state index in [1.54, 1.807) is 0 Å². The van der Waals surface area contributed by atoms with Crippen LogP contribution in [-0.4, -0.2) is 10.2 Å². The Hall–Kier alpha value is -3.05. The summed E-state index contributed by atoms with van der Waals surface area (Å²) in [4.78, 5) is 0. The molecule has 128 valence electrons. The molecular weight excluding hydrogens is 344 g/mol. The van der Waals surface area contributed by atoms with Gasteiger partial charge in [-0.3, -0.25) is 0 Å². The number of ether oxygens (including phenoxy) is 1. The van der Waals surface area contributed by atoms with Crippen molar-refractivity contribution in [2.45, 2.75) is 11.0 Å². The van der Waals surface area contributed by atoms with Crippen LogP contribution in [0, 0.1) is 0 Å². The van der Waals surface area contributed by atoms with Gasteiger partial charge in [0.15, 0.2) is 0 Å². The molecule has 0 radical (unpaired) electrons. The van der Waals surface area contributed by atoms with Gasteiger partial charge in [0.1, 0.15) is 11.5 Å². The number of rotatable bonds is 6. The minimum Gasteiger partial charge on any atom is -0.457 e. The standard InChI is InChI=1S/C21H16N2O2S/c1-3-9-16(10-4-1)20-22-23-21(25-20)26-15-17-11-7-8-14-19(17)24-18-12-5-2-6-13-18/h1-14H,15H2. The number of nitrogens with zero attached hydrogens (tertiary/aromatic N) is 2. The maximum atomic E-state index is 5.99. The Morgan fingerprint density at radius 1 is 0.769 bits per heavy atom. The predicted octanol–water partition coefficient (Wildman–Crippen LogP) is 5.82. The largest absolute Gasteiger partial charge is 0.457 e. The molecule has 1 heterocycles. The van der Waals surface area contributed by atoms with Crippen molar-refractivity contribution in [1.82, 2.24) is 10.2 Å². The maximum absolute atomic E-state index is 5.99. The van der Waals surface area contributed by atoms with Crippen molar-refractivity contribution in [2.24, 2.45) is 0 Å². The van der Waals surface area contributed by atoms with E-state index in [4.69, 9.17) is 9.15 Å². The topological polar surface area (TPSA) is 48.2 Å². The average molecular weight is 360 g/mol. The van der Waals surface area contributed by atoms with Crippen LogP contribution in [0.4, 0.5) is 0 Å².